The number of esters is 2. The van der Waals surface area contributed by atoms with Crippen molar-refractivity contribution in [3.8, 4) is 0 Å². The highest BCUT2D eigenvalue weighted by molar-refractivity contribution is 7.47. The molecule has 64 heavy (non-hydrogen) atoms. The van der Waals surface area contributed by atoms with Gasteiger partial charge in [0.2, 0.25) is 0 Å². The predicted octanol–water partition coefficient (Wildman–Crippen LogP) is 10.3. The first-order chi connectivity index (χ1) is 30.9. The first kappa shape index (κ1) is 59.8. The fourth-order valence-electron chi connectivity index (χ4n) is 5.26. The highest BCUT2D eigenvalue weighted by atomic mass is 31.2. The van der Waals surface area contributed by atoms with E-state index in [0.717, 1.165) is 51.4 Å². The average molecular weight is 916 g/mol. The lowest BCUT2D eigenvalue weighted by Crippen LogP contribution is -2.34. The van der Waals surface area contributed by atoms with Crippen LogP contribution < -0.4 is 5.73 Å². The fraction of sp³-hybridized carbons (Fsp3) is 0.540. The van der Waals surface area contributed by atoms with E-state index in [4.69, 9.17) is 24.8 Å². The van der Waals surface area contributed by atoms with Crippen molar-refractivity contribution in [3.05, 3.63) is 122 Å². The summed E-state index contributed by atoms with van der Waals surface area (Å²) < 4.78 is 32.5. The number of allylic oxidation sites excluding steroid dienone is 16. The van der Waals surface area contributed by atoms with Crippen molar-refractivity contribution >= 4 is 25.7 Å². The summed E-state index contributed by atoms with van der Waals surface area (Å²) in [6, 6.07) is -1.57. The topological polar surface area (TPSA) is 212 Å². The summed E-state index contributed by atoms with van der Waals surface area (Å²) in [5, 5.41) is 28.9. The first-order valence-corrected chi connectivity index (χ1v) is 24.3. The normalized spacial score (nSPS) is 15.7. The number of unbranched alkanes of at least 4 members (excludes halogenated alkanes) is 7. The van der Waals surface area contributed by atoms with Gasteiger partial charge in [0, 0.05) is 12.8 Å². The molecule has 0 rings (SSSR count). The second-order valence-electron chi connectivity index (χ2n) is 14.8. The minimum absolute atomic E-state index is 0.0405. The lowest BCUT2D eigenvalue weighted by Gasteiger charge is -2.20. The van der Waals surface area contributed by atoms with Crippen LogP contribution in [0, 0.1) is 0 Å². The molecule has 13 nitrogen and oxygen atoms in total. The minimum atomic E-state index is -4.79. The Balaban J connectivity index is 4.67. The number of phosphoric acid groups is 1. The molecule has 5 atom stereocenters. The van der Waals surface area contributed by atoms with Gasteiger partial charge in [0.25, 0.3) is 0 Å². The van der Waals surface area contributed by atoms with Crippen molar-refractivity contribution in [1.29, 1.82) is 0 Å². The molecule has 0 aliphatic carbocycles. The lowest BCUT2D eigenvalue weighted by molar-refractivity contribution is -0.161. The Morgan fingerprint density at radius 1 is 0.594 bits per heavy atom. The molecule has 0 aromatic heterocycles. The Labute approximate surface area is 383 Å². The van der Waals surface area contributed by atoms with E-state index in [1.807, 2.05) is 49.5 Å². The zero-order valence-electron chi connectivity index (χ0n) is 38.3. The summed E-state index contributed by atoms with van der Waals surface area (Å²) in [5.41, 5.74) is 5.32. The number of carbonyl (C=O) groups excluding carboxylic acids is 2. The molecule has 14 heteroatoms. The molecule has 360 valence electrons. The monoisotopic (exact) mass is 916 g/mol. The number of ether oxygens (including phenoxy) is 2. The molecule has 0 aromatic rings. The Morgan fingerprint density at radius 2 is 1.16 bits per heavy atom. The van der Waals surface area contributed by atoms with E-state index in [2.05, 4.69) is 60.1 Å². The maximum atomic E-state index is 12.6. The smallest absolute Gasteiger partial charge is 0.472 e. The summed E-state index contributed by atoms with van der Waals surface area (Å²) >= 11 is 0. The highest BCUT2D eigenvalue weighted by Gasteiger charge is 2.28. The average Bonchev–Trinajstić information content (AvgIpc) is 3.26. The highest BCUT2D eigenvalue weighted by Crippen LogP contribution is 2.43. The second kappa shape index (κ2) is 42.7. The van der Waals surface area contributed by atoms with Crippen LogP contribution in [0.2, 0.25) is 0 Å². The Hall–Kier alpha value is -4.20. The molecule has 0 aliphatic heterocycles. The molecule has 0 aromatic carbocycles. The van der Waals surface area contributed by atoms with E-state index >= 15 is 0 Å². The zero-order valence-corrected chi connectivity index (χ0v) is 39.2. The van der Waals surface area contributed by atoms with Crippen LogP contribution in [0.3, 0.4) is 0 Å². The number of carboxylic acid groups (broad SMARTS) is 1. The standard InChI is InChI=1S/C50H78NO12P/c1-3-5-7-8-9-10-11-12-13-14-15-16-17-18-19-20-24-27-33-39-48(54)60-41-46(42-61-64(58,59)62-43-47(51)50(56)57)63-49(55)40-34-28-32-38-45(53)37-31-26-23-21-22-25-30-36-44(52)35-29-6-4-2/h6,9-10,12-13,15-16,18-19,22-23,25-26,29-32,36-38,44-47,52-53H,3-5,7-8,11,14,17,20-21,24,27-28,33-35,39-43,51H2,1-2H3,(H,56,57)(H,58,59)/b10-9-,13-12-,16-15-,19-18-,25-22-,26-23-,29-6-,36-30+,37-31+,38-32-/t44-,45-,46+,47-/m0/s1. The maximum absolute atomic E-state index is 12.6. The number of hydrogen-bond acceptors (Lipinski definition) is 11. The summed E-state index contributed by atoms with van der Waals surface area (Å²) in [7, 11) is -4.79. The summed E-state index contributed by atoms with van der Waals surface area (Å²) in [6.45, 7) is 2.33. The van der Waals surface area contributed by atoms with Gasteiger partial charge in [0.05, 0.1) is 25.4 Å². The van der Waals surface area contributed by atoms with E-state index in [-0.39, 0.29) is 12.8 Å². The number of aliphatic carboxylic acids is 1. The summed E-state index contributed by atoms with van der Waals surface area (Å²) in [6.07, 6.45) is 50.5. The molecule has 0 saturated heterocycles. The van der Waals surface area contributed by atoms with Gasteiger partial charge in [-0.2, -0.15) is 0 Å². The summed E-state index contributed by atoms with van der Waals surface area (Å²) in [4.78, 5) is 46.0. The number of rotatable bonds is 40. The number of nitrogens with two attached hydrogens (primary N) is 1. The number of aliphatic hydroxyl groups is 2. The van der Waals surface area contributed by atoms with Gasteiger partial charge in [-0.15, -0.1) is 0 Å². The maximum Gasteiger partial charge on any atom is 0.472 e. The van der Waals surface area contributed by atoms with Crippen molar-refractivity contribution in [2.75, 3.05) is 19.8 Å². The van der Waals surface area contributed by atoms with Gasteiger partial charge >= 0.3 is 25.7 Å². The van der Waals surface area contributed by atoms with Crippen molar-refractivity contribution < 1.29 is 57.7 Å². The van der Waals surface area contributed by atoms with E-state index < -0.39 is 69.9 Å². The minimum Gasteiger partial charge on any atom is -0.480 e. The first-order valence-electron chi connectivity index (χ1n) is 22.8. The van der Waals surface area contributed by atoms with Crippen molar-refractivity contribution in [3.63, 3.8) is 0 Å². The van der Waals surface area contributed by atoms with Gasteiger partial charge in [0.15, 0.2) is 6.10 Å². The van der Waals surface area contributed by atoms with Crippen LogP contribution in [0.5, 0.6) is 0 Å². The molecule has 0 heterocycles. The molecule has 0 spiro atoms. The molecular formula is C50H78NO12P. The number of phosphoric ester groups is 1. The van der Waals surface area contributed by atoms with Gasteiger partial charge < -0.3 is 35.4 Å². The van der Waals surface area contributed by atoms with Crippen molar-refractivity contribution in [2.45, 2.75) is 154 Å². The van der Waals surface area contributed by atoms with Crippen LogP contribution in [0.4, 0.5) is 0 Å². The zero-order chi connectivity index (χ0) is 47.4. The van der Waals surface area contributed by atoms with E-state index in [9.17, 15) is 34.1 Å². The van der Waals surface area contributed by atoms with Crippen LogP contribution in [-0.2, 0) is 37.5 Å². The van der Waals surface area contributed by atoms with Crippen LogP contribution in [0.1, 0.15) is 129 Å². The van der Waals surface area contributed by atoms with Gasteiger partial charge in [0.1, 0.15) is 12.6 Å². The summed E-state index contributed by atoms with van der Waals surface area (Å²) in [5.74, 6) is -2.65. The van der Waals surface area contributed by atoms with Crippen molar-refractivity contribution in [1.82, 2.24) is 0 Å². The largest absolute Gasteiger partial charge is 0.480 e. The molecule has 0 radical (unpaired) electrons. The number of carbonyl (C=O) groups is 3. The molecule has 1 unspecified atom stereocenters. The second-order valence-corrected chi connectivity index (χ2v) is 16.3. The molecule has 0 amide bonds. The van der Waals surface area contributed by atoms with Gasteiger partial charge in [-0.1, -0.05) is 155 Å². The molecule has 0 aliphatic rings. The number of hydrogen-bond donors (Lipinski definition) is 5. The third kappa shape index (κ3) is 41.8. The van der Waals surface area contributed by atoms with Gasteiger partial charge in [-0.3, -0.25) is 23.4 Å². The van der Waals surface area contributed by atoms with Crippen LogP contribution in [-0.4, -0.2) is 82.3 Å². The van der Waals surface area contributed by atoms with Crippen molar-refractivity contribution in [2.24, 2.45) is 5.73 Å². The molecular weight excluding hydrogens is 838 g/mol. The van der Waals surface area contributed by atoms with Crippen LogP contribution in [0.25, 0.3) is 0 Å². The predicted molar refractivity (Wildman–Crippen MR) is 256 cm³/mol. The van der Waals surface area contributed by atoms with E-state index in [1.54, 1.807) is 30.4 Å². The van der Waals surface area contributed by atoms with E-state index in [1.165, 1.54) is 19.3 Å². The quantitative estimate of drug-likeness (QED) is 0.0127. The lowest BCUT2D eigenvalue weighted by atomic mass is 10.1. The Morgan fingerprint density at radius 3 is 1.78 bits per heavy atom. The van der Waals surface area contributed by atoms with E-state index in [0.29, 0.717) is 32.1 Å². The number of aliphatic hydroxyl groups excluding tert-OH is 2. The SMILES string of the molecule is CC/C=C\C[C@H](O)/C=C/C=C\C/C=C\C=C\[C@H](O)/C=C\CCCC(=O)O[C@H](COC(=O)CCCCC/C=C\C/C=C\C/C=C\C/C=C\CCCCC)COP(=O)(O)OC[C@H](N)C(=O)O. The van der Waals surface area contributed by atoms with Gasteiger partial charge in [-0.25, -0.2) is 4.57 Å². The number of carboxylic acids is 1. The fourth-order valence-corrected chi connectivity index (χ4v) is 6.03. The Kier molecular flexibility index (Phi) is 39.9. The third-order valence-electron chi connectivity index (χ3n) is 8.87. The molecule has 0 bridgehead atoms. The molecule has 0 fully saturated rings. The Bertz CT molecular complexity index is 1580. The molecule has 0 saturated carbocycles. The van der Waals surface area contributed by atoms with Gasteiger partial charge in [-0.05, 0) is 83.5 Å². The van der Waals surface area contributed by atoms with Crippen LogP contribution >= 0.6 is 7.82 Å². The van der Waals surface area contributed by atoms with Crippen LogP contribution in [0.15, 0.2) is 122 Å². The third-order valence-corrected chi connectivity index (χ3v) is 9.82. The molecule has 6 N–H and O–H groups in total.